The van der Waals surface area contributed by atoms with E-state index in [4.69, 9.17) is 0 Å². The summed E-state index contributed by atoms with van der Waals surface area (Å²) in [7, 11) is 1.85. The second kappa shape index (κ2) is 6.08. The van der Waals surface area contributed by atoms with Crippen LogP contribution in [0.4, 0.5) is 5.69 Å². The molecule has 3 nitrogen and oxygen atoms in total. The quantitative estimate of drug-likeness (QED) is 0.678. The lowest BCUT2D eigenvalue weighted by atomic mass is 10.1. The van der Waals surface area contributed by atoms with Crippen molar-refractivity contribution in [3.63, 3.8) is 0 Å². The van der Waals surface area contributed by atoms with Crippen molar-refractivity contribution in [3.8, 4) is 0 Å². The average Bonchev–Trinajstić information content (AvgIpc) is 2.36. The van der Waals surface area contributed by atoms with Crippen LogP contribution >= 0.6 is 22.9 Å². The molecule has 1 rings (SSSR count). The highest BCUT2D eigenvalue weighted by atomic mass is 127. The molecule has 0 aliphatic carbocycles. The van der Waals surface area contributed by atoms with Gasteiger partial charge in [0.2, 0.25) is 0 Å². The number of carbonyl (C=O) groups excluding carboxylic acids is 1. The third kappa shape index (κ3) is 3.10. The number of anilines is 1. The summed E-state index contributed by atoms with van der Waals surface area (Å²) in [5.74, 6) is 0.0721. The molecule has 0 saturated carbocycles. The van der Waals surface area contributed by atoms with Gasteiger partial charge in [0.1, 0.15) is 0 Å². The first kappa shape index (κ1) is 13.3. The van der Waals surface area contributed by atoms with Gasteiger partial charge in [-0.25, -0.2) is 0 Å². The van der Waals surface area contributed by atoms with Gasteiger partial charge in [0.25, 0.3) is 5.91 Å². The summed E-state index contributed by atoms with van der Waals surface area (Å²) in [6.07, 6.45) is 0.965. The van der Waals surface area contributed by atoms with Crippen LogP contribution in [0.2, 0.25) is 0 Å². The topological polar surface area (TPSA) is 32.3 Å². The maximum absolute atomic E-state index is 12.1. The molecule has 1 unspecified atom stereocenters. The van der Waals surface area contributed by atoms with Crippen molar-refractivity contribution >= 4 is 34.5 Å². The minimum absolute atomic E-state index is 0.0721. The van der Waals surface area contributed by atoms with E-state index in [0.717, 1.165) is 17.7 Å². The van der Waals surface area contributed by atoms with Crippen LogP contribution < -0.4 is 3.53 Å². The minimum atomic E-state index is 0.0721. The van der Waals surface area contributed by atoms with Crippen LogP contribution in [0.15, 0.2) is 24.3 Å². The maximum Gasteiger partial charge on any atom is 0.253 e. The smallest absolute Gasteiger partial charge is 0.253 e. The van der Waals surface area contributed by atoms with E-state index in [1.54, 1.807) is 4.90 Å². The van der Waals surface area contributed by atoms with Gasteiger partial charge in [0.05, 0.1) is 22.9 Å². The second-order valence-electron chi connectivity index (χ2n) is 3.85. The number of carbonyl (C=O) groups is 1. The van der Waals surface area contributed by atoms with E-state index < -0.39 is 0 Å². The molecule has 1 aromatic carbocycles. The third-order valence-corrected chi connectivity index (χ3v) is 3.41. The SMILES string of the molecule is CCC(C)N(C)C(=O)c1cccc(NI)c1. The van der Waals surface area contributed by atoms with Crippen LogP contribution in [0.25, 0.3) is 0 Å². The van der Waals surface area contributed by atoms with Crippen LogP contribution in [0.3, 0.4) is 0 Å². The van der Waals surface area contributed by atoms with Crippen molar-refractivity contribution in [2.45, 2.75) is 26.3 Å². The number of hydrogen-bond acceptors (Lipinski definition) is 2. The monoisotopic (exact) mass is 332 g/mol. The average molecular weight is 332 g/mol. The lowest BCUT2D eigenvalue weighted by Gasteiger charge is -2.24. The van der Waals surface area contributed by atoms with Crippen molar-refractivity contribution in [2.24, 2.45) is 0 Å². The Morgan fingerprint density at radius 1 is 1.56 bits per heavy atom. The lowest BCUT2D eigenvalue weighted by Crippen LogP contribution is -2.34. The summed E-state index contributed by atoms with van der Waals surface area (Å²) in [6, 6.07) is 7.81. The Hall–Kier alpha value is -0.780. The molecule has 0 fully saturated rings. The zero-order chi connectivity index (χ0) is 12.1. The van der Waals surface area contributed by atoms with E-state index in [1.807, 2.05) is 31.3 Å². The van der Waals surface area contributed by atoms with Crippen LogP contribution in [0.1, 0.15) is 30.6 Å². The van der Waals surface area contributed by atoms with Crippen molar-refractivity contribution in [2.75, 3.05) is 10.6 Å². The fourth-order valence-electron chi connectivity index (χ4n) is 1.39. The fourth-order valence-corrected chi connectivity index (χ4v) is 1.72. The van der Waals surface area contributed by atoms with Gasteiger partial charge in [-0.3, -0.25) is 4.79 Å². The summed E-state index contributed by atoms with van der Waals surface area (Å²) in [6.45, 7) is 4.13. The summed E-state index contributed by atoms with van der Waals surface area (Å²) >= 11 is 2.06. The zero-order valence-electron chi connectivity index (χ0n) is 9.83. The number of rotatable bonds is 4. The number of amides is 1. The standard InChI is InChI=1S/C12H17IN2O/c1-4-9(2)15(3)12(16)10-6-5-7-11(8-10)14-13/h5-9,14H,4H2,1-3H3. The molecular formula is C12H17IN2O. The van der Waals surface area contributed by atoms with Crippen molar-refractivity contribution in [1.82, 2.24) is 4.90 Å². The molecule has 1 N–H and O–H groups in total. The van der Waals surface area contributed by atoms with E-state index in [1.165, 1.54) is 0 Å². The summed E-state index contributed by atoms with van der Waals surface area (Å²) in [5.41, 5.74) is 1.67. The van der Waals surface area contributed by atoms with Gasteiger partial charge in [-0.05, 0) is 31.5 Å². The summed E-state index contributed by atoms with van der Waals surface area (Å²) in [4.78, 5) is 13.9. The predicted octanol–water partition coefficient (Wildman–Crippen LogP) is 3.32. The van der Waals surface area contributed by atoms with E-state index >= 15 is 0 Å². The molecule has 0 radical (unpaired) electrons. The highest BCUT2D eigenvalue weighted by molar-refractivity contribution is 14.1. The lowest BCUT2D eigenvalue weighted by molar-refractivity contribution is 0.0740. The highest BCUT2D eigenvalue weighted by Crippen LogP contribution is 2.15. The fraction of sp³-hybridized carbons (Fsp3) is 0.417. The molecule has 1 atom stereocenters. The van der Waals surface area contributed by atoms with Crippen molar-refractivity contribution in [3.05, 3.63) is 29.8 Å². The number of hydrogen-bond donors (Lipinski definition) is 1. The number of halogens is 1. The molecule has 0 spiro atoms. The Bertz CT molecular complexity index is 368. The molecule has 0 aliphatic heterocycles. The predicted molar refractivity (Wildman–Crippen MR) is 75.9 cm³/mol. The first-order valence-electron chi connectivity index (χ1n) is 5.34. The van der Waals surface area contributed by atoms with Gasteiger partial charge < -0.3 is 8.43 Å². The van der Waals surface area contributed by atoms with Gasteiger partial charge in [0.15, 0.2) is 0 Å². The first-order chi connectivity index (χ1) is 7.60. The largest absolute Gasteiger partial charge is 0.339 e. The van der Waals surface area contributed by atoms with Crippen LogP contribution in [0.5, 0.6) is 0 Å². The molecule has 4 heteroatoms. The van der Waals surface area contributed by atoms with Gasteiger partial charge in [-0.2, -0.15) is 0 Å². The number of benzene rings is 1. The number of nitrogens with zero attached hydrogens (tertiary/aromatic N) is 1. The molecule has 0 heterocycles. The maximum atomic E-state index is 12.1. The Labute approximate surface area is 111 Å². The highest BCUT2D eigenvalue weighted by Gasteiger charge is 2.15. The summed E-state index contributed by atoms with van der Waals surface area (Å²) < 4.78 is 3.00. The van der Waals surface area contributed by atoms with Crippen molar-refractivity contribution < 1.29 is 4.79 Å². The molecule has 0 saturated heterocycles. The molecule has 0 aliphatic rings. The van der Waals surface area contributed by atoms with E-state index in [2.05, 4.69) is 40.2 Å². The Kier molecular flexibility index (Phi) is 5.05. The van der Waals surface area contributed by atoms with Crippen molar-refractivity contribution in [1.29, 1.82) is 0 Å². The molecule has 16 heavy (non-hydrogen) atoms. The minimum Gasteiger partial charge on any atom is -0.339 e. The van der Waals surface area contributed by atoms with Gasteiger partial charge in [-0.15, -0.1) is 0 Å². The Morgan fingerprint density at radius 3 is 2.81 bits per heavy atom. The van der Waals surface area contributed by atoms with Crippen LogP contribution in [-0.2, 0) is 0 Å². The molecule has 1 amide bonds. The van der Waals surface area contributed by atoms with E-state index in [-0.39, 0.29) is 11.9 Å². The van der Waals surface area contributed by atoms with Crippen LogP contribution in [-0.4, -0.2) is 23.9 Å². The van der Waals surface area contributed by atoms with Crippen LogP contribution in [0, 0.1) is 0 Å². The summed E-state index contributed by atoms with van der Waals surface area (Å²) in [5, 5.41) is 0. The van der Waals surface area contributed by atoms with Gasteiger partial charge >= 0.3 is 0 Å². The zero-order valence-corrected chi connectivity index (χ0v) is 12.0. The normalized spacial score (nSPS) is 12.0. The third-order valence-electron chi connectivity index (χ3n) is 2.79. The second-order valence-corrected chi connectivity index (χ2v) is 4.39. The molecule has 1 aromatic rings. The molecule has 88 valence electrons. The molecule has 0 aromatic heterocycles. The van der Waals surface area contributed by atoms with E-state index in [0.29, 0.717) is 0 Å². The first-order valence-corrected chi connectivity index (χ1v) is 6.41. The number of nitrogens with one attached hydrogen (secondary N) is 1. The molecular weight excluding hydrogens is 315 g/mol. The van der Waals surface area contributed by atoms with Gasteiger partial charge in [0, 0.05) is 24.3 Å². The van der Waals surface area contributed by atoms with E-state index in [9.17, 15) is 4.79 Å². The van der Waals surface area contributed by atoms with Gasteiger partial charge in [-0.1, -0.05) is 13.0 Å². The molecule has 0 bridgehead atoms. The Morgan fingerprint density at radius 2 is 2.25 bits per heavy atom. The Balaban J connectivity index is 2.87.